The number of fused-ring (bicyclic) bond motifs is 4. The minimum Gasteiger partial charge on any atom is -0.309 e. The van der Waals surface area contributed by atoms with Gasteiger partial charge in [0.15, 0.2) is 0 Å². The lowest BCUT2D eigenvalue weighted by atomic mass is 9.99. The monoisotopic (exact) mass is 688 g/mol. The zero-order valence-corrected chi connectivity index (χ0v) is 29.7. The van der Waals surface area contributed by atoms with Gasteiger partial charge < -0.3 is 9.47 Å². The normalized spacial score (nSPS) is 11.3. The molecule has 0 saturated heterocycles. The number of benzene rings is 9. The van der Waals surface area contributed by atoms with Crippen LogP contribution < -0.4 is 4.90 Å². The van der Waals surface area contributed by atoms with Gasteiger partial charge in [-0.2, -0.15) is 0 Å². The maximum atomic E-state index is 2.48. The van der Waals surface area contributed by atoms with E-state index in [0.29, 0.717) is 0 Å². The number of anilines is 3. The van der Waals surface area contributed by atoms with Crippen LogP contribution in [0.5, 0.6) is 0 Å². The van der Waals surface area contributed by atoms with Crippen LogP contribution in [-0.2, 0) is 0 Å². The van der Waals surface area contributed by atoms with Crippen molar-refractivity contribution in [2.75, 3.05) is 4.90 Å². The van der Waals surface area contributed by atoms with Gasteiger partial charge in [-0.15, -0.1) is 0 Å². The minimum atomic E-state index is 1.13. The van der Waals surface area contributed by atoms with Crippen LogP contribution in [-0.4, -0.2) is 4.57 Å². The zero-order valence-electron chi connectivity index (χ0n) is 29.7. The maximum absolute atomic E-state index is 2.48. The van der Waals surface area contributed by atoms with Gasteiger partial charge in [0.25, 0.3) is 0 Å². The molecule has 2 heteroatoms. The SMILES string of the molecule is c1ccc(-c2ccc(-c3ccc(-n4c5ccccc5c5c(N(c6ccccc6-c6ccccc6)c6cccc7ccccc67)cccc54)cc3)cc2)cc1. The highest BCUT2D eigenvalue weighted by Gasteiger charge is 2.24. The van der Waals surface area contributed by atoms with Crippen molar-refractivity contribution in [1.82, 2.24) is 4.57 Å². The number of nitrogens with zero attached hydrogens (tertiary/aromatic N) is 2. The molecule has 10 aromatic rings. The molecular weight excluding hydrogens is 653 g/mol. The molecule has 54 heavy (non-hydrogen) atoms. The Morgan fingerprint density at radius 3 is 1.52 bits per heavy atom. The molecule has 254 valence electrons. The van der Waals surface area contributed by atoms with E-state index >= 15 is 0 Å². The summed E-state index contributed by atoms with van der Waals surface area (Å²) in [6.07, 6.45) is 0. The Labute approximate surface area is 315 Å². The van der Waals surface area contributed by atoms with Gasteiger partial charge in [0.1, 0.15) is 0 Å². The van der Waals surface area contributed by atoms with Crippen LogP contribution in [0.15, 0.2) is 218 Å². The summed E-state index contributed by atoms with van der Waals surface area (Å²) < 4.78 is 2.42. The number of aromatic nitrogens is 1. The van der Waals surface area contributed by atoms with Gasteiger partial charge >= 0.3 is 0 Å². The molecule has 2 nitrogen and oxygen atoms in total. The fraction of sp³-hybridized carbons (Fsp3) is 0. The lowest BCUT2D eigenvalue weighted by molar-refractivity contribution is 1.18. The fourth-order valence-corrected chi connectivity index (χ4v) is 8.08. The second kappa shape index (κ2) is 13.4. The van der Waals surface area contributed by atoms with Gasteiger partial charge in [-0.3, -0.25) is 0 Å². The number of hydrogen-bond donors (Lipinski definition) is 0. The Morgan fingerprint density at radius 1 is 0.296 bits per heavy atom. The van der Waals surface area contributed by atoms with Gasteiger partial charge in [-0.05, 0) is 75.7 Å². The Morgan fingerprint density at radius 2 is 0.778 bits per heavy atom. The van der Waals surface area contributed by atoms with Gasteiger partial charge in [-0.1, -0.05) is 176 Å². The molecule has 0 atom stereocenters. The Kier molecular flexibility index (Phi) is 7.85. The minimum absolute atomic E-state index is 1.13. The predicted molar refractivity (Wildman–Crippen MR) is 229 cm³/mol. The Balaban J connectivity index is 1.16. The summed E-state index contributed by atoms with van der Waals surface area (Å²) in [6, 6.07) is 78.8. The molecule has 0 aliphatic carbocycles. The molecule has 0 unspecified atom stereocenters. The summed E-state index contributed by atoms with van der Waals surface area (Å²) >= 11 is 0. The summed E-state index contributed by atoms with van der Waals surface area (Å²) in [7, 11) is 0. The lowest BCUT2D eigenvalue weighted by Crippen LogP contribution is -2.12. The molecule has 1 aromatic heterocycles. The molecule has 0 amide bonds. The first-order chi connectivity index (χ1) is 26.8. The van der Waals surface area contributed by atoms with Crippen LogP contribution >= 0.6 is 0 Å². The first-order valence-electron chi connectivity index (χ1n) is 18.5. The topological polar surface area (TPSA) is 8.17 Å². The van der Waals surface area contributed by atoms with Crippen molar-refractivity contribution in [3.8, 4) is 39.1 Å². The van der Waals surface area contributed by atoms with E-state index in [4.69, 9.17) is 0 Å². The second-order valence-corrected chi connectivity index (χ2v) is 13.7. The molecule has 0 saturated carbocycles. The van der Waals surface area contributed by atoms with Crippen molar-refractivity contribution in [2.45, 2.75) is 0 Å². The summed E-state index contributed by atoms with van der Waals surface area (Å²) in [4.78, 5) is 2.48. The van der Waals surface area contributed by atoms with Crippen molar-refractivity contribution in [3.63, 3.8) is 0 Å². The quantitative estimate of drug-likeness (QED) is 0.162. The first kappa shape index (κ1) is 31.6. The Bertz CT molecular complexity index is 2900. The molecular formula is C52H36N2. The molecule has 1 heterocycles. The van der Waals surface area contributed by atoms with Crippen LogP contribution in [0.2, 0.25) is 0 Å². The molecule has 0 aliphatic heterocycles. The van der Waals surface area contributed by atoms with Crippen LogP contribution in [0.1, 0.15) is 0 Å². The van der Waals surface area contributed by atoms with Crippen molar-refractivity contribution in [1.29, 1.82) is 0 Å². The van der Waals surface area contributed by atoms with E-state index in [9.17, 15) is 0 Å². The molecule has 0 radical (unpaired) electrons. The van der Waals surface area contributed by atoms with Gasteiger partial charge in [0.2, 0.25) is 0 Å². The van der Waals surface area contributed by atoms with E-state index in [1.54, 1.807) is 0 Å². The van der Waals surface area contributed by atoms with Crippen LogP contribution in [0.3, 0.4) is 0 Å². The highest BCUT2D eigenvalue weighted by molar-refractivity contribution is 6.18. The molecule has 10 rings (SSSR count). The zero-order chi connectivity index (χ0) is 35.8. The maximum Gasteiger partial charge on any atom is 0.0562 e. The molecule has 0 fully saturated rings. The first-order valence-corrected chi connectivity index (χ1v) is 18.5. The number of rotatable bonds is 7. The average Bonchev–Trinajstić information content (AvgIpc) is 3.60. The van der Waals surface area contributed by atoms with Crippen molar-refractivity contribution in [2.24, 2.45) is 0 Å². The number of hydrogen-bond acceptors (Lipinski definition) is 1. The van der Waals surface area contributed by atoms with E-state index in [1.165, 1.54) is 60.4 Å². The third-order valence-corrected chi connectivity index (χ3v) is 10.6. The molecule has 0 spiro atoms. The standard InChI is InChI=1S/C52H36N2/c1-3-15-37(16-4-1)38-29-31-39(32-30-38)40-33-35-43(36-34-40)53-49-25-12-10-23-46(49)52-50(53)27-14-28-51(52)54(48-26-13-20-42-19-7-8-21-45(42)48)47-24-11-9-22-44(47)41-17-5-2-6-18-41/h1-36H. The average molecular weight is 689 g/mol. The number of para-hydroxylation sites is 2. The highest BCUT2D eigenvalue weighted by Crippen LogP contribution is 2.48. The molecule has 0 aliphatic rings. The molecule has 0 N–H and O–H groups in total. The summed E-state index contributed by atoms with van der Waals surface area (Å²) in [6.45, 7) is 0. The van der Waals surface area contributed by atoms with E-state index < -0.39 is 0 Å². The highest BCUT2D eigenvalue weighted by atomic mass is 15.2. The van der Waals surface area contributed by atoms with Crippen molar-refractivity contribution in [3.05, 3.63) is 218 Å². The van der Waals surface area contributed by atoms with Crippen LogP contribution in [0.25, 0.3) is 71.6 Å². The third-order valence-electron chi connectivity index (χ3n) is 10.6. The van der Waals surface area contributed by atoms with E-state index in [0.717, 1.165) is 28.3 Å². The van der Waals surface area contributed by atoms with Gasteiger partial charge in [0, 0.05) is 27.4 Å². The summed E-state index contributed by atoms with van der Waals surface area (Å²) in [5.41, 5.74) is 14.1. The largest absolute Gasteiger partial charge is 0.309 e. The van der Waals surface area contributed by atoms with Crippen molar-refractivity contribution >= 4 is 49.6 Å². The third kappa shape index (κ3) is 5.44. The Hall–Kier alpha value is -7.16. The molecule has 0 bridgehead atoms. The summed E-state index contributed by atoms with van der Waals surface area (Å²) in [5, 5.41) is 4.84. The van der Waals surface area contributed by atoms with E-state index in [1.807, 2.05) is 0 Å². The van der Waals surface area contributed by atoms with Crippen LogP contribution in [0.4, 0.5) is 17.1 Å². The fourth-order valence-electron chi connectivity index (χ4n) is 8.08. The molecule has 9 aromatic carbocycles. The summed E-state index contributed by atoms with van der Waals surface area (Å²) in [5.74, 6) is 0. The van der Waals surface area contributed by atoms with Crippen LogP contribution in [0, 0.1) is 0 Å². The van der Waals surface area contributed by atoms with Crippen molar-refractivity contribution < 1.29 is 0 Å². The predicted octanol–water partition coefficient (Wildman–Crippen LogP) is 14.4. The smallest absolute Gasteiger partial charge is 0.0562 e. The van der Waals surface area contributed by atoms with E-state index in [-0.39, 0.29) is 0 Å². The second-order valence-electron chi connectivity index (χ2n) is 13.7. The van der Waals surface area contributed by atoms with Gasteiger partial charge in [0.05, 0.1) is 28.1 Å². The van der Waals surface area contributed by atoms with Gasteiger partial charge in [-0.25, -0.2) is 0 Å². The lowest BCUT2D eigenvalue weighted by Gasteiger charge is -2.30. The van der Waals surface area contributed by atoms with E-state index in [2.05, 4.69) is 228 Å².